The Balaban J connectivity index is 1.96. The van der Waals surface area contributed by atoms with Crippen LogP contribution in [0.5, 0.6) is 5.75 Å². The number of aromatic nitrogens is 3. The summed E-state index contributed by atoms with van der Waals surface area (Å²) in [6.07, 6.45) is -0.481. The number of nitrogens with zero attached hydrogens (tertiary/aromatic N) is 3. The van der Waals surface area contributed by atoms with Gasteiger partial charge in [0.1, 0.15) is 11.9 Å². The molecule has 4 aromatic rings. The van der Waals surface area contributed by atoms with E-state index in [1.165, 1.54) is 11.6 Å². The third kappa shape index (κ3) is 2.90. The zero-order valence-corrected chi connectivity index (χ0v) is 18.6. The summed E-state index contributed by atoms with van der Waals surface area (Å²) in [4.78, 5) is 26.2. The van der Waals surface area contributed by atoms with Gasteiger partial charge < -0.3 is 14.4 Å². The van der Waals surface area contributed by atoms with E-state index in [0.29, 0.717) is 24.1 Å². The van der Waals surface area contributed by atoms with Crippen LogP contribution < -0.4 is 11.2 Å². The number of rotatable bonds is 2. The van der Waals surface area contributed by atoms with Crippen LogP contribution >= 0.6 is 15.9 Å². The number of hydrogen-bond donors (Lipinski definition) is 1. The maximum atomic E-state index is 13.4. The number of ether oxygens (including phenoxy) is 1. The predicted octanol–water partition coefficient (Wildman–Crippen LogP) is 3.29. The molecule has 8 heteroatoms. The molecule has 0 saturated carbocycles. The van der Waals surface area contributed by atoms with Crippen molar-refractivity contribution in [3.8, 4) is 17.0 Å². The molecule has 1 unspecified atom stereocenters. The first-order chi connectivity index (χ1) is 14.9. The van der Waals surface area contributed by atoms with Gasteiger partial charge in [-0.2, -0.15) is 0 Å². The number of fused-ring (bicyclic) bond motifs is 3. The van der Waals surface area contributed by atoms with E-state index < -0.39 is 6.10 Å². The Morgan fingerprint density at radius 3 is 2.45 bits per heavy atom. The summed E-state index contributed by atoms with van der Waals surface area (Å²) in [6, 6.07) is 14.6. The first-order valence-corrected chi connectivity index (χ1v) is 10.7. The highest BCUT2D eigenvalue weighted by atomic mass is 79.9. The van der Waals surface area contributed by atoms with Gasteiger partial charge in [-0.05, 0) is 23.8 Å². The van der Waals surface area contributed by atoms with Gasteiger partial charge in [0.2, 0.25) is 0 Å². The molecule has 3 heterocycles. The fourth-order valence-electron chi connectivity index (χ4n) is 4.42. The van der Waals surface area contributed by atoms with E-state index in [0.717, 1.165) is 31.6 Å². The Morgan fingerprint density at radius 1 is 1.03 bits per heavy atom. The highest BCUT2D eigenvalue weighted by molar-refractivity contribution is 9.10. The number of phenolic OH excluding ortho intramolecular Hbond substituents is 1. The van der Waals surface area contributed by atoms with Crippen LogP contribution in [0.4, 0.5) is 0 Å². The van der Waals surface area contributed by atoms with E-state index in [4.69, 9.17) is 4.74 Å². The lowest BCUT2D eigenvalue weighted by Crippen LogP contribution is -2.37. The van der Waals surface area contributed by atoms with Crippen molar-refractivity contribution in [2.45, 2.75) is 12.6 Å². The molecule has 31 heavy (non-hydrogen) atoms. The average Bonchev–Trinajstić information content (AvgIpc) is 3.12. The Hall–Kier alpha value is -3.10. The van der Waals surface area contributed by atoms with Crippen molar-refractivity contribution in [1.29, 1.82) is 0 Å². The summed E-state index contributed by atoms with van der Waals surface area (Å²) in [6.45, 7) is 0.998. The van der Waals surface area contributed by atoms with Crippen molar-refractivity contribution in [3.05, 3.63) is 85.1 Å². The largest absolute Gasteiger partial charge is 0.508 e. The van der Waals surface area contributed by atoms with Gasteiger partial charge in [0.15, 0.2) is 0 Å². The smallest absolute Gasteiger partial charge is 0.331 e. The van der Waals surface area contributed by atoms with E-state index >= 15 is 0 Å². The minimum Gasteiger partial charge on any atom is -0.508 e. The molecule has 0 amide bonds. The van der Waals surface area contributed by atoms with Crippen molar-refractivity contribution in [2.24, 2.45) is 14.1 Å². The highest BCUT2D eigenvalue weighted by Gasteiger charge is 2.33. The van der Waals surface area contributed by atoms with E-state index in [1.807, 2.05) is 24.3 Å². The number of aromatic hydroxyl groups is 1. The molecule has 0 bridgehead atoms. The number of aryl methyl sites for hydroxylation is 1. The second kappa shape index (κ2) is 7.25. The van der Waals surface area contributed by atoms with Crippen molar-refractivity contribution >= 4 is 26.8 Å². The Labute approximate surface area is 185 Å². The molecule has 0 fully saturated rings. The molecule has 2 aromatic heterocycles. The normalized spacial score (nSPS) is 15.9. The number of hydrogen-bond acceptors (Lipinski definition) is 4. The van der Waals surface area contributed by atoms with Gasteiger partial charge in [0.25, 0.3) is 5.56 Å². The summed E-state index contributed by atoms with van der Waals surface area (Å²) in [7, 11) is 3.18. The van der Waals surface area contributed by atoms with Gasteiger partial charge in [0.05, 0.1) is 28.9 Å². The van der Waals surface area contributed by atoms with Gasteiger partial charge in [-0.25, -0.2) is 4.79 Å². The van der Waals surface area contributed by atoms with Crippen LogP contribution in [0.25, 0.3) is 22.2 Å². The fraction of sp³-hybridized carbons (Fsp3) is 0.217. The summed E-state index contributed by atoms with van der Waals surface area (Å²) in [5.41, 5.74) is 3.08. The molecule has 0 radical (unpaired) electrons. The van der Waals surface area contributed by atoms with Gasteiger partial charge in [-0.3, -0.25) is 13.9 Å². The lowest BCUT2D eigenvalue weighted by molar-refractivity contribution is 0.0478. The fourth-order valence-corrected chi connectivity index (χ4v) is 4.89. The molecule has 1 aliphatic rings. The summed E-state index contributed by atoms with van der Waals surface area (Å²) in [5, 5.41) is 10.2. The zero-order valence-electron chi connectivity index (χ0n) is 17.0. The minimum atomic E-state index is -0.481. The lowest BCUT2D eigenvalue weighted by atomic mass is 10.0. The SMILES string of the molecule is Cn1c(=O)c2c(-c3ccccc3Br)n3c(c2n(C)c1=O)C(c1ccc(O)cc1)OCC3. The van der Waals surface area contributed by atoms with Crippen molar-refractivity contribution < 1.29 is 9.84 Å². The van der Waals surface area contributed by atoms with Gasteiger partial charge in [0, 0.05) is 30.7 Å². The summed E-state index contributed by atoms with van der Waals surface area (Å²) in [5.74, 6) is 0.162. The molecule has 2 aromatic carbocycles. The van der Waals surface area contributed by atoms with Crippen LogP contribution in [0.2, 0.25) is 0 Å². The van der Waals surface area contributed by atoms with Gasteiger partial charge >= 0.3 is 5.69 Å². The first kappa shape index (κ1) is 19.8. The van der Waals surface area contributed by atoms with Crippen molar-refractivity contribution in [3.63, 3.8) is 0 Å². The van der Waals surface area contributed by atoms with E-state index in [9.17, 15) is 14.7 Å². The van der Waals surface area contributed by atoms with Crippen LogP contribution in [0.1, 0.15) is 17.4 Å². The van der Waals surface area contributed by atoms with Crippen molar-refractivity contribution in [1.82, 2.24) is 13.7 Å². The monoisotopic (exact) mass is 481 g/mol. The zero-order chi connectivity index (χ0) is 21.9. The second-order valence-electron chi connectivity index (χ2n) is 7.64. The Kier molecular flexibility index (Phi) is 4.64. The van der Waals surface area contributed by atoms with Crippen LogP contribution in [-0.2, 0) is 25.4 Å². The predicted molar refractivity (Wildman–Crippen MR) is 121 cm³/mol. The molecular formula is C23H20BrN3O4. The molecule has 0 aliphatic carbocycles. The van der Waals surface area contributed by atoms with E-state index in [2.05, 4.69) is 20.5 Å². The van der Waals surface area contributed by atoms with Crippen LogP contribution in [0.3, 0.4) is 0 Å². The quantitative estimate of drug-likeness (QED) is 0.476. The molecule has 5 rings (SSSR count). The maximum absolute atomic E-state index is 13.4. The molecule has 1 atom stereocenters. The van der Waals surface area contributed by atoms with Crippen LogP contribution in [0.15, 0.2) is 62.6 Å². The second-order valence-corrected chi connectivity index (χ2v) is 8.49. The number of halogens is 1. The topological polar surface area (TPSA) is 78.4 Å². The van der Waals surface area contributed by atoms with E-state index in [-0.39, 0.29) is 17.0 Å². The minimum absolute atomic E-state index is 0.162. The van der Waals surface area contributed by atoms with E-state index in [1.54, 1.807) is 31.3 Å². The standard InChI is InChI=1S/C23H20BrN3O4/c1-25-19-17(22(29)26(2)23(25)30)18(15-5-3-4-6-16(15)24)27-11-12-31-21(20(19)27)13-7-9-14(28)10-8-13/h3-10,21,28H,11-12H2,1-2H3. The summed E-state index contributed by atoms with van der Waals surface area (Å²) >= 11 is 3.63. The lowest BCUT2D eigenvalue weighted by Gasteiger charge is -2.28. The maximum Gasteiger partial charge on any atom is 0.331 e. The van der Waals surface area contributed by atoms with Gasteiger partial charge in [-0.1, -0.05) is 46.3 Å². The van der Waals surface area contributed by atoms with Crippen LogP contribution in [0, 0.1) is 0 Å². The molecular weight excluding hydrogens is 462 g/mol. The number of benzene rings is 2. The molecule has 158 valence electrons. The van der Waals surface area contributed by atoms with Gasteiger partial charge in [-0.15, -0.1) is 0 Å². The Morgan fingerprint density at radius 2 is 1.74 bits per heavy atom. The third-order valence-corrected chi connectivity index (χ3v) is 6.57. The third-order valence-electron chi connectivity index (χ3n) is 5.88. The molecule has 1 aliphatic heterocycles. The first-order valence-electron chi connectivity index (χ1n) is 9.87. The molecule has 7 nitrogen and oxygen atoms in total. The average molecular weight is 482 g/mol. The molecule has 0 saturated heterocycles. The highest BCUT2D eigenvalue weighted by Crippen LogP contribution is 2.42. The van der Waals surface area contributed by atoms with Crippen molar-refractivity contribution in [2.75, 3.05) is 6.61 Å². The Bertz CT molecular complexity index is 1450. The summed E-state index contributed by atoms with van der Waals surface area (Å²) < 4.78 is 11.8. The number of phenols is 1. The molecule has 1 N–H and O–H groups in total. The molecule has 0 spiro atoms. The van der Waals surface area contributed by atoms with Crippen LogP contribution in [-0.4, -0.2) is 25.4 Å².